The minimum absolute atomic E-state index is 0.222. The Morgan fingerprint density at radius 3 is 2.58 bits per heavy atom. The molecule has 2 atom stereocenters. The van der Waals surface area contributed by atoms with Crippen molar-refractivity contribution in [1.29, 1.82) is 0 Å². The first-order chi connectivity index (χ1) is 9.34. The summed E-state index contributed by atoms with van der Waals surface area (Å²) in [6.45, 7) is 2.16. The summed E-state index contributed by atoms with van der Waals surface area (Å²) in [7, 11) is 0. The summed E-state index contributed by atoms with van der Waals surface area (Å²) in [4.78, 5) is 8.52. The molecule has 0 aliphatic heterocycles. The van der Waals surface area contributed by atoms with Crippen molar-refractivity contribution in [3.05, 3.63) is 60.2 Å². The molecule has 1 aromatic carbocycles. The number of hydrogen-bond donors (Lipinski definition) is 1. The predicted octanol–water partition coefficient (Wildman–Crippen LogP) is 3.28. The lowest BCUT2D eigenvalue weighted by atomic mass is 10.0. The van der Waals surface area contributed by atoms with Gasteiger partial charge in [0.25, 0.3) is 0 Å². The second kappa shape index (κ2) is 5.49. The normalized spacial score (nSPS) is 17.9. The van der Waals surface area contributed by atoms with Gasteiger partial charge in [0.1, 0.15) is 0 Å². The van der Waals surface area contributed by atoms with Gasteiger partial charge in [-0.2, -0.15) is 0 Å². The molecule has 0 bridgehead atoms. The molecule has 1 fully saturated rings. The van der Waals surface area contributed by atoms with E-state index in [1.807, 2.05) is 6.20 Å². The van der Waals surface area contributed by atoms with Crippen LogP contribution in [0.15, 0.2) is 48.9 Å². The Hall–Kier alpha value is -1.74. The number of nitrogens with zero attached hydrogens (tertiary/aromatic N) is 2. The summed E-state index contributed by atoms with van der Waals surface area (Å²) < 4.78 is 0. The van der Waals surface area contributed by atoms with Gasteiger partial charge in [-0.05, 0) is 31.2 Å². The fourth-order valence-corrected chi connectivity index (χ4v) is 2.48. The van der Waals surface area contributed by atoms with Crippen molar-refractivity contribution >= 4 is 0 Å². The van der Waals surface area contributed by atoms with Crippen LogP contribution in [0, 0.1) is 5.92 Å². The molecule has 0 saturated heterocycles. The van der Waals surface area contributed by atoms with Gasteiger partial charge < -0.3 is 5.32 Å². The molecule has 19 heavy (non-hydrogen) atoms. The predicted molar refractivity (Wildman–Crippen MR) is 75.5 cm³/mol. The van der Waals surface area contributed by atoms with E-state index in [9.17, 15) is 0 Å². The molecule has 2 aromatic rings. The van der Waals surface area contributed by atoms with Crippen molar-refractivity contribution < 1.29 is 0 Å². The van der Waals surface area contributed by atoms with Gasteiger partial charge in [0.15, 0.2) is 0 Å². The fraction of sp³-hybridized carbons (Fsp3) is 0.375. The highest BCUT2D eigenvalue weighted by Gasteiger charge is 2.33. The Bertz CT molecular complexity index is 508. The molecule has 3 rings (SSSR count). The topological polar surface area (TPSA) is 37.8 Å². The lowest BCUT2D eigenvalue weighted by molar-refractivity contribution is 0.421. The Morgan fingerprint density at radius 2 is 1.95 bits per heavy atom. The first-order valence-electron chi connectivity index (χ1n) is 6.91. The molecular formula is C16H19N3. The van der Waals surface area contributed by atoms with Gasteiger partial charge in [0.05, 0.1) is 5.69 Å². The average Bonchev–Trinajstić information content (AvgIpc) is 3.31. The van der Waals surface area contributed by atoms with Gasteiger partial charge in [0, 0.05) is 30.7 Å². The third kappa shape index (κ3) is 2.99. The van der Waals surface area contributed by atoms with Gasteiger partial charge in [-0.3, -0.25) is 9.97 Å². The second-order valence-corrected chi connectivity index (χ2v) is 5.24. The van der Waals surface area contributed by atoms with Crippen molar-refractivity contribution in [3.8, 4) is 0 Å². The van der Waals surface area contributed by atoms with Crippen LogP contribution in [0.2, 0.25) is 0 Å². The highest BCUT2D eigenvalue weighted by molar-refractivity contribution is 5.21. The van der Waals surface area contributed by atoms with E-state index in [-0.39, 0.29) is 6.04 Å². The number of hydrogen-bond acceptors (Lipinski definition) is 3. The summed E-state index contributed by atoms with van der Waals surface area (Å²) in [6.07, 6.45) is 7.94. The molecule has 98 valence electrons. The molecule has 1 aliphatic carbocycles. The number of aromatic nitrogens is 2. The van der Waals surface area contributed by atoms with Crippen LogP contribution in [0.5, 0.6) is 0 Å². The molecule has 1 N–H and O–H groups in total. The molecule has 2 unspecified atom stereocenters. The van der Waals surface area contributed by atoms with E-state index in [1.54, 1.807) is 12.4 Å². The third-order valence-corrected chi connectivity index (χ3v) is 3.71. The zero-order chi connectivity index (χ0) is 13.1. The molecule has 1 saturated carbocycles. The first-order valence-corrected chi connectivity index (χ1v) is 6.91. The largest absolute Gasteiger partial charge is 0.302 e. The molecule has 1 aromatic heterocycles. The third-order valence-electron chi connectivity index (χ3n) is 3.71. The average molecular weight is 253 g/mol. The minimum Gasteiger partial charge on any atom is -0.302 e. The van der Waals surface area contributed by atoms with Crippen LogP contribution in [0.4, 0.5) is 0 Å². The maximum absolute atomic E-state index is 4.38. The quantitative estimate of drug-likeness (QED) is 0.888. The second-order valence-electron chi connectivity index (χ2n) is 5.24. The monoisotopic (exact) mass is 253 g/mol. The minimum atomic E-state index is 0.222. The molecule has 1 heterocycles. The summed E-state index contributed by atoms with van der Waals surface area (Å²) in [5.74, 6) is 0.765. The Balaban J connectivity index is 1.76. The molecule has 0 spiro atoms. The molecular weight excluding hydrogens is 234 g/mol. The molecule has 0 radical (unpaired) electrons. The SMILES string of the molecule is CC(NC(c1ccccc1)C1CC1)c1cnccn1. The van der Waals surface area contributed by atoms with Gasteiger partial charge in [-0.25, -0.2) is 0 Å². The molecule has 1 aliphatic rings. The van der Waals surface area contributed by atoms with E-state index in [2.05, 4.69) is 52.5 Å². The first kappa shape index (κ1) is 12.3. The van der Waals surface area contributed by atoms with E-state index >= 15 is 0 Å². The van der Waals surface area contributed by atoms with E-state index < -0.39 is 0 Å². The molecule has 3 nitrogen and oxygen atoms in total. The summed E-state index contributed by atoms with van der Waals surface area (Å²) in [5.41, 5.74) is 2.38. The summed E-state index contributed by atoms with van der Waals surface area (Å²) >= 11 is 0. The maximum Gasteiger partial charge on any atom is 0.0753 e. The lowest BCUT2D eigenvalue weighted by Gasteiger charge is -2.23. The van der Waals surface area contributed by atoms with Crippen molar-refractivity contribution in [2.75, 3.05) is 0 Å². The molecule has 0 amide bonds. The standard InChI is InChI=1S/C16H19N3/c1-12(15-11-17-9-10-18-15)19-16(14-7-8-14)13-5-3-2-4-6-13/h2-6,9-12,14,16,19H,7-8H2,1H3. The van der Waals surface area contributed by atoms with Gasteiger partial charge >= 0.3 is 0 Å². The van der Waals surface area contributed by atoms with E-state index in [0.29, 0.717) is 6.04 Å². The Labute approximate surface area is 114 Å². The van der Waals surface area contributed by atoms with Crippen LogP contribution in [-0.2, 0) is 0 Å². The van der Waals surface area contributed by atoms with Crippen molar-refractivity contribution in [1.82, 2.24) is 15.3 Å². The fourth-order valence-electron chi connectivity index (χ4n) is 2.48. The van der Waals surface area contributed by atoms with Crippen LogP contribution >= 0.6 is 0 Å². The smallest absolute Gasteiger partial charge is 0.0753 e. The van der Waals surface area contributed by atoms with Crippen LogP contribution < -0.4 is 5.32 Å². The highest BCUT2D eigenvalue weighted by Crippen LogP contribution is 2.41. The number of nitrogens with one attached hydrogen (secondary N) is 1. The molecule has 3 heteroatoms. The highest BCUT2D eigenvalue weighted by atomic mass is 15.0. The summed E-state index contributed by atoms with van der Waals surface area (Å²) in [5, 5.41) is 3.71. The van der Waals surface area contributed by atoms with Crippen molar-refractivity contribution in [2.24, 2.45) is 5.92 Å². The van der Waals surface area contributed by atoms with E-state index in [1.165, 1.54) is 18.4 Å². The summed E-state index contributed by atoms with van der Waals surface area (Å²) in [6, 6.07) is 11.4. The zero-order valence-electron chi connectivity index (χ0n) is 11.2. The van der Waals surface area contributed by atoms with Gasteiger partial charge in [0.2, 0.25) is 0 Å². The van der Waals surface area contributed by atoms with Crippen LogP contribution in [0.25, 0.3) is 0 Å². The number of rotatable bonds is 5. The van der Waals surface area contributed by atoms with E-state index in [0.717, 1.165) is 11.6 Å². The van der Waals surface area contributed by atoms with Crippen molar-refractivity contribution in [2.45, 2.75) is 31.8 Å². The van der Waals surface area contributed by atoms with Crippen LogP contribution in [0.3, 0.4) is 0 Å². The Morgan fingerprint density at radius 1 is 1.16 bits per heavy atom. The van der Waals surface area contributed by atoms with Gasteiger partial charge in [-0.15, -0.1) is 0 Å². The zero-order valence-corrected chi connectivity index (χ0v) is 11.2. The van der Waals surface area contributed by atoms with E-state index in [4.69, 9.17) is 0 Å². The Kier molecular flexibility index (Phi) is 3.56. The van der Waals surface area contributed by atoms with Crippen molar-refractivity contribution in [3.63, 3.8) is 0 Å². The van der Waals surface area contributed by atoms with Crippen LogP contribution in [0.1, 0.15) is 43.1 Å². The van der Waals surface area contributed by atoms with Gasteiger partial charge in [-0.1, -0.05) is 30.3 Å². The maximum atomic E-state index is 4.38. The number of benzene rings is 1. The lowest BCUT2D eigenvalue weighted by Crippen LogP contribution is -2.26. The van der Waals surface area contributed by atoms with Crippen LogP contribution in [-0.4, -0.2) is 9.97 Å².